The number of benzene rings is 2. The van der Waals surface area contributed by atoms with Gasteiger partial charge < -0.3 is 10.6 Å². The van der Waals surface area contributed by atoms with Crippen molar-refractivity contribution in [2.75, 3.05) is 16.9 Å². The molecule has 2 aromatic rings. The van der Waals surface area contributed by atoms with Crippen molar-refractivity contribution in [2.24, 2.45) is 0 Å². The standard InChI is InChI=1S/C15H13ClN2OS/c1-20-11-5-3-10(4-6-11)17-14-12-8-9(16)2-7-13(12)18-15(14)19/h2-8,14,17H,1H3,(H,18,19). The van der Waals surface area contributed by atoms with Crippen molar-refractivity contribution in [1.82, 2.24) is 0 Å². The van der Waals surface area contributed by atoms with Gasteiger partial charge in [-0.1, -0.05) is 11.6 Å². The first-order chi connectivity index (χ1) is 9.67. The molecule has 2 aromatic carbocycles. The number of hydrogen-bond acceptors (Lipinski definition) is 3. The van der Waals surface area contributed by atoms with E-state index in [1.54, 1.807) is 17.8 Å². The normalized spacial score (nSPS) is 16.7. The van der Waals surface area contributed by atoms with Crippen LogP contribution in [0.1, 0.15) is 11.6 Å². The van der Waals surface area contributed by atoms with Gasteiger partial charge in [0.1, 0.15) is 6.04 Å². The summed E-state index contributed by atoms with van der Waals surface area (Å²) in [6, 6.07) is 13.0. The van der Waals surface area contributed by atoms with E-state index in [0.29, 0.717) is 5.02 Å². The maximum absolute atomic E-state index is 12.0. The Morgan fingerprint density at radius 2 is 1.95 bits per heavy atom. The smallest absolute Gasteiger partial charge is 0.251 e. The molecular formula is C15H13ClN2OS. The van der Waals surface area contributed by atoms with Crippen molar-refractivity contribution in [3.05, 3.63) is 53.1 Å². The van der Waals surface area contributed by atoms with Gasteiger partial charge in [0.05, 0.1) is 0 Å². The molecule has 2 N–H and O–H groups in total. The third kappa shape index (κ3) is 2.49. The summed E-state index contributed by atoms with van der Waals surface area (Å²) in [5.41, 5.74) is 2.62. The fraction of sp³-hybridized carbons (Fsp3) is 0.133. The highest BCUT2D eigenvalue weighted by Crippen LogP contribution is 2.35. The Bertz CT molecular complexity index is 657. The van der Waals surface area contributed by atoms with E-state index in [4.69, 9.17) is 11.6 Å². The van der Waals surface area contributed by atoms with Crippen LogP contribution >= 0.6 is 23.4 Å². The molecule has 102 valence electrons. The van der Waals surface area contributed by atoms with Crippen LogP contribution in [0.15, 0.2) is 47.4 Å². The van der Waals surface area contributed by atoms with Crippen LogP contribution in [-0.2, 0) is 4.79 Å². The lowest BCUT2D eigenvalue weighted by Crippen LogP contribution is -2.19. The average Bonchev–Trinajstić information content (AvgIpc) is 2.76. The van der Waals surface area contributed by atoms with Crippen LogP contribution in [0.3, 0.4) is 0 Å². The quantitative estimate of drug-likeness (QED) is 0.836. The molecule has 1 atom stereocenters. The van der Waals surface area contributed by atoms with E-state index in [9.17, 15) is 4.79 Å². The Kier molecular flexibility index (Phi) is 3.59. The maximum Gasteiger partial charge on any atom is 0.251 e. The van der Waals surface area contributed by atoms with E-state index in [1.807, 2.05) is 42.7 Å². The molecule has 1 unspecified atom stereocenters. The van der Waals surface area contributed by atoms with Gasteiger partial charge in [-0.25, -0.2) is 0 Å². The monoisotopic (exact) mass is 304 g/mol. The summed E-state index contributed by atoms with van der Waals surface area (Å²) >= 11 is 7.70. The number of carbonyl (C=O) groups is 1. The van der Waals surface area contributed by atoms with Gasteiger partial charge in [0.25, 0.3) is 5.91 Å². The highest BCUT2D eigenvalue weighted by molar-refractivity contribution is 7.98. The zero-order valence-electron chi connectivity index (χ0n) is 10.8. The average molecular weight is 305 g/mol. The van der Waals surface area contributed by atoms with Crippen LogP contribution in [0.5, 0.6) is 0 Å². The minimum absolute atomic E-state index is 0.0591. The molecule has 1 amide bonds. The first-order valence-electron chi connectivity index (χ1n) is 6.18. The lowest BCUT2D eigenvalue weighted by atomic mass is 10.1. The number of anilines is 2. The van der Waals surface area contributed by atoms with E-state index >= 15 is 0 Å². The van der Waals surface area contributed by atoms with Crippen molar-refractivity contribution >= 4 is 40.6 Å². The molecule has 3 rings (SSSR count). The zero-order chi connectivity index (χ0) is 14.1. The van der Waals surface area contributed by atoms with Gasteiger partial charge in [-0.2, -0.15) is 0 Å². The van der Waals surface area contributed by atoms with Crippen LogP contribution in [-0.4, -0.2) is 12.2 Å². The van der Waals surface area contributed by atoms with Crippen LogP contribution in [0, 0.1) is 0 Å². The fourth-order valence-electron chi connectivity index (χ4n) is 2.23. The second-order valence-electron chi connectivity index (χ2n) is 4.53. The number of rotatable bonds is 3. The van der Waals surface area contributed by atoms with Gasteiger partial charge in [0, 0.05) is 26.9 Å². The van der Waals surface area contributed by atoms with Gasteiger partial charge >= 0.3 is 0 Å². The van der Waals surface area contributed by atoms with Gasteiger partial charge in [0.2, 0.25) is 0 Å². The Labute approximate surface area is 126 Å². The maximum atomic E-state index is 12.0. The largest absolute Gasteiger partial charge is 0.370 e. The summed E-state index contributed by atoms with van der Waals surface area (Å²) in [7, 11) is 0. The minimum atomic E-state index is -0.399. The van der Waals surface area contributed by atoms with Gasteiger partial charge in [-0.15, -0.1) is 11.8 Å². The van der Waals surface area contributed by atoms with E-state index in [0.717, 1.165) is 16.9 Å². The van der Waals surface area contributed by atoms with Crippen molar-refractivity contribution < 1.29 is 4.79 Å². The van der Waals surface area contributed by atoms with Crippen molar-refractivity contribution in [3.8, 4) is 0 Å². The number of fused-ring (bicyclic) bond motifs is 1. The molecule has 0 bridgehead atoms. The first kappa shape index (κ1) is 13.3. The van der Waals surface area contributed by atoms with E-state index < -0.39 is 6.04 Å². The van der Waals surface area contributed by atoms with E-state index in [1.165, 1.54) is 4.90 Å². The van der Waals surface area contributed by atoms with Crippen molar-refractivity contribution in [1.29, 1.82) is 0 Å². The van der Waals surface area contributed by atoms with Crippen LogP contribution in [0.25, 0.3) is 0 Å². The molecule has 1 aliphatic heterocycles. The molecule has 0 aliphatic carbocycles. The molecule has 0 fully saturated rings. The Morgan fingerprint density at radius 1 is 1.20 bits per heavy atom. The highest BCUT2D eigenvalue weighted by Gasteiger charge is 2.30. The van der Waals surface area contributed by atoms with Gasteiger partial charge in [-0.05, 0) is 48.7 Å². The molecule has 0 radical (unpaired) electrons. The fourth-order valence-corrected chi connectivity index (χ4v) is 2.82. The molecule has 1 heterocycles. The van der Waals surface area contributed by atoms with Crippen LogP contribution in [0.2, 0.25) is 5.02 Å². The lowest BCUT2D eigenvalue weighted by molar-refractivity contribution is -0.116. The predicted molar refractivity (Wildman–Crippen MR) is 84.7 cm³/mol. The third-order valence-electron chi connectivity index (χ3n) is 3.25. The molecule has 5 heteroatoms. The topological polar surface area (TPSA) is 41.1 Å². The first-order valence-corrected chi connectivity index (χ1v) is 7.78. The summed E-state index contributed by atoms with van der Waals surface area (Å²) in [4.78, 5) is 13.2. The summed E-state index contributed by atoms with van der Waals surface area (Å²) < 4.78 is 0. The number of thioether (sulfide) groups is 1. The number of hydrogen-bond donors (Lipinski definition) is 2. The molecule has 0 saturated heterocycles. The Balaban J connectivity index is 1.87. The highest BCUT2D eigenvalue weighted by atomic mass is 35.5. The van der Waals surface area contributed by atoms with Gasteiger partial charge in [-0.3, -0.25) is 4.79 Å². The molecule has 3 nitrogen and oxygen atoms in total. The molecule has 1 aliphatic rings. The zero-order valence-corrected chi connectivity index (χ0v) is 12.4. The second-order valence-corrected chi connectivity index (χ2v) is 5.84. The van der Waals surface area contributed by atoms with Gasteiger partial charge in [0.15, 0.2) is 0 Å². The van der Waals surface area contributed by atoms with Crippen molar-refractivity contribution in [2.45, 2.75) is 10.9 Å². The number of amides is 1. The van der Waals surface area contributed by atoms with E-state index in [-0.39, 0.29) is 5.91 Å². The minimum Gasteiger partial charge on any atom is -0.370 e. The number of nitrogens with one attached hydrogen (secondary N) is 2. The Hall–Kier alpha value is -1.65. The molecule has 0 aromatic heterocycles. The summed E-state index contributed by atoms with van der Waals surface area (Å²) in [6.07, 6.45) is 2.03. The summed E-state index contributed by atoms with van der Waals surface area (Å²) in [5, 5.41) is 6.73. The SMILES string of the molecule is CSc1ccc(NC2C(=O)Nc3ccc(Cl)cc32)cc1. The van der Waals surface area contributed by atoms with Crippen LogP contribution < -0.4 is 10.6 Å². The lowest BCUT2D eigenvalue weighted by Gasteiger charge is -2.13. The Morgan fingerprint density at radius 3 is 2.65 bits per heavy atom. The predicted octanol–water partition coefficient (Wildman–Crippen LogP) is 4.17. The molecule has 0 spiro atoms. The summed E-state index contributed by atoms with van der Waals surface area (Å²) in [6.45, 7) is 0. The summed E-state index contributed by atoms with van der Waals surface area (Å²) in [5.74, 6) is -0.0591. The number of halogens is 1. The van der Waals surface area contributed by atoms with E-state index in [2.05, 4.69) is 10.6 Å². The molecular weight excluding hydrogens is 292 g/mol. The molecule has 0 saturated carbocycles. The van der Waals surface area contributed by atoms with Crippen LogP contribution in [0.4, 0.5) is 11.4 Å². The third-order valence-corrected chi connectivity index (χ3v) is 4.22. The van der Waals surface area contributed by atoms with Crippen molar-refractivity contribution in [3.63, 3.8) is 0 Å². The second kappa shape index (κ2) is 5.38. The number of carbonyl (C=O) groups excluding carboxylic acids is 1. The molecule has 20 heavy (non-hydrogen) atoms.